The van der Waals surface area contributed by atoms with Crippen molar-refractivity contribution in [1.82, 2.24) is 24.8 Å². The highest BCUT2D eigenvalue weighted by Gasteiger charge is 2.08. The van der Waals surface area contributed by atoms with Crippen LogP contribution < -0.4 is 5.32 Å². The molecule has 2 heterocycles. The van der Waals surface area contributed by atoms with Crippen molar-refractivity contribution < 1.29 is 4.39 Å². The zero-order chi connectivity index (χ0) is 18.4. The van der Waals surface area contributed by atoms with Gasteiger partial charge in [-0.2, -0.15) is 0 Å². The van der Waals surface area contributed by atoms with Crippen LogP contribution in [0.3, 0.4) is 0 Å². The molecule has 27 heavy (non-hydrogen) atoms. The van der Waals surface area contributed by atoms with Crippen molar-refractivity contribution in [1.29, 1.82) is 0 Å². The van der Waals surface area contributed by atoms with E-state index in [1.54, 1.807) is 19.2 Å². The second-order valence-corrected chi connectivity index (χ2v) is 6.11. The van der Waals surface area contributed by atoms with Crippen LogP contribution in [-0.4, -0.2) is 46.1 Å². The fraction of sp³-hybridized carbons (Fsp3) is 0.316. The molecular formula is C19H24FIN6. The Kier molecular flexibility index (Phi) is 7.96. The first kappa shape index (κ1) is 21.1. The minimum atomic E-state index is -0.223. The van der Waals surface area contributed by atoms with Gasteiger partial charge in [-0.15, -0.1) is 34.2 Å². The lowest BCUT2D eigenvalue weighted by Crippen LogP contribution is -2.39. The summed E-state index contributed by atoms with van der Waals surface area (Å²) in [7, 11) is 3.68. The molecule has 8 heteroatoms. The van der Waals surface area contributed by atoms with Gasteiger partial charge in [0.05, 0.1) is 0 Å². The lowest BCUT2D eigenvalue weighted by Gasteiger charge is -2.22. The zero-order valence-electron chi connectivity index (χ0n) is 15.5. The van der Waals surface area contributed by atoms with E-state index < -0.39 is 0 Å². The Hall–Kier alpha value is -2.23. The highest BCUT2D eigenvalue weighted by atomic mass is 127. The van der Waals surface area contributed by atoms with Gasteiger partial charge in [0.15, 0.2) is 11.6 Å². The third kappa shape index (κ3) is 5.62. The van der Waals surface area contributed by atoms with Crippen LogP contribution in [0.5, 0.6) is 0 Å². The van der Waals surface area contributed by atoms with Crippen molar-refractivity contribution in [3.05, 3.63) is 65.9 Å². The lowest BCUT2D eigenvalue weighted by molar-refractivity contribution is 0.473. The van der Waals surface area contributed by atoms with E-state index in [-0.39, 0.29) is 29.8 Å². The number of guanidine groups is 1. The van der Waals surface area contributed by atoms with E-state index in [1.165, 1.54) is 6.07 Å². The molecule has 1 N–H and O–H groups in total. The van der Waals surface area contributed by atoms with Crippen molar-refractivity contribution in [3.8, 4) is 0 Å². The van der Waals surface area contributed by atoms with Crippen molar-refractivity contribution in [3.63, 3.8) is 0 Å². The molecule has 2 aromatic heterocycles. The number of hydrogen-bond donors (Lipinski definition) is 1. The number of aryl methyl sites for hydroxylation is 1. The average molecular weight is 482 g/mol. The van der Waals surface area contributed by atoms with Gasteiger partial charge >= 0.3 is 0 Å². The molecule has 0 amide bonds. The molecule has 0 aliphatic carbocycles. The van der Waals surface area contributed by atoms with Crippen LogP contribution in [0.15, 0.2) is 53.7 Å². The van der Waals surface area contributed by atoms with Gasteiger partial charge in [0.2, 0.25) is 0 Å². The molecule has 0 saturated carbocycles. The van der Waals surface area contributed by atoms with Crippen LogP contribution in [0.25, 0.3) is 5.65 Å². The van der Waals surface area contributed by atoms with Gasteiger partial charge in [0.1, 0.15) is 11.6 Å². The smallest absolute Gasteiger partial charge is 0.193 e. The molecule has 0 saturated heterocycles. The van der Waals surface area contributed by atoms with E-state index in [4.69, 9.17) is 0 Å². The quantitative estimate of drug-likeness (QED) is 0.254. The molecule has 0 spiro atoms. The summed E-state index contributed by atoms with van der Waals surface area (Å²) in [6.07, 6.45) is 3.70. The number of nitrogens with zero attached hydrogens (tertiary/aromatic N) is 5. The molecule has 144 valence electrons. The average Bonchev–Trinajstić information content (AvgIpc) is 3.05. The predicted molar refractivity (Wildman–Crippen MR) is 116 cm³/mol. The number of pyridine rings is 1. The number of aromatic nitrogens is 3. The molecular weight excluding hydrogens is 458 g/mol. The molecule has 0 atom stereocenters. The normalized spacial score (nSPS) is 11.3. The molecule has 0 unspecified atom stereocenters. The number of hydrogen-bond acceptors (Lipinski definition) is 3. The van der Waals surface area contributed by atoms with E-state index in [0.29, 0.717) is 6.54 Å². The van der Waals surface area contributed by atoms with Crippen LogP contribution in [-0.2, 0) is 13.0 Å². The van der Waals surface area contributed by atoms with Crippen LogP contribution in [0, 0.1) is 5.82 Å². The minimum Gasteiger partial charge on any atom is -0.356 e. The Morgan fingerprint density at radius 2 is 2.07 bits per heavy atom. The first-order chi connectivity index (χ1) is 12.7. The van der Waals surface area contributed by atoms with Crippen molar-refractivity contribution >= 4 is 35.6 Å². The fourth-order valence-electron chi connectivity index (χ4n) is 2.88. The molecule has 0 fully saturated rings. The highest BCUT2D eigenvalue weighted by molar-refractivity contribution is 14.0. The molecule has 0 aliphatic rings. The number of nitrogens with one attached hydrogen (secondary N) is 1. The van der Waals surface area contributed by atoms with Gasteiger partial charge < -0.3 is 10.2 Å². The summed E-state index contributed by atoms with van der Waals surface area (Å²) < 4.78 is 15.3. The Morgan fingerprint density at radius 3 is 2.85 bits per heavy atom. The standard InChI is InChI=1S/C19H23FN6.HI/c1-21-19(25(2)14-15-7-5-8-16(20)13-15)22-11-6-10-18-24-23-17-9-3-4-12-26(17)18;/h3-5,7-9,12-13H,6,10-11,14H2,1-2H3,(H,21,22);1H. The van der Waals surface area contributed by atoms with Crippen LogP contribution in [0.4, 0.5) is 4.39 Å². The third-order valence-corrected chi connectivity index (χ3v) is 4.13. The van der Waals surface area contributed by atoms with Gasteiger partial charge in [0, 0.05) is 39.8 Å². The molecule has 3 aromatic rings. The zero-order valence-corrected chi connectivity index (χ0v) is 17.8. The molecule has 0 bridgehead atoms. The van der Waals surface area contributed by atoms with Gasteiger partial charge in [0.25, 0.3) is 0 Å². The first-order valence-electron chi connectivity index (χ1n) is 8.62. The largest absolute Gasteiger partial charge is 0.356 e. The maximum Gasteiger partial charge on any atom is 0.193 e. The van der Waals surface area contributed by atoms with E-state index in [9.17, 15) is 4.39 Å². The van der Waals surface area contributed by atoms with Gasteiger partial charge in [-0.1, -0.05) is 18.2 Å². The Morgan fingerprint density at radius 1 is 1.22 bits per heavy atom. The minimum absolute atomic E-state index is 0. The van der Waals surface area contributed by atoms with Gasteiger partial charge in [-0.05, 0) is 36.2 Å². The van der Waals surface area contributed by atoms with Crippen LogP contribution in [0.1, 0.15) is 17.8 Å². The second-order valence-electron chi connectivity index (χ2n) is 6.11. The van der Waals surface area contributed by atoms with E-state index in [2.05, 4.69) is 20.5 Å². The summed E-state index contributed by atoms with van der Waals surface area (Å²) in [6.45, 7) is 1.36. The first-order valence-corrected chi connectivity index (χ1v) is 8.62. The Labute approximate surface area is 175 Å². The molecule has 0 radical (unpaired) electrons. The monoisotopic (exact) mass is 482 g/mol. The highest BCUT2D eigenvalue weighted by Crippen LogP contribution is 2.07. The van der Waals surface area contributed by atoms with Crippen molar-refractivity contribution in [2.24, 2.45) is 4.99 Å². The summed E-state index contributed by atoms with van der Waals surface area (Å²) in [5.41, 5.74) is 1.77. The topological polar surface area (TPSA) is 57.8 Å². The maximum atomic E-state index is 13.3. The van der Waals surface area contributed by atoms with E-state index >= 15 is 0 Å². The summed E-state index contributed by atoms with van der Waals surface area (Å²) >= 11 is 0. The summed E-state index contributed by atoms with van der Waals surface area (Å²) in [4.78, 5) is 6.27. The number of halogens is 2. The maximum absolute atomic E-state index is 13.3. The summed E-state index contributed by atoms with van der Waals surface area (Å²) in [5, 5.41) is 11.7. The van der Waals surface area contributed by atoms with Crippen LogP contribution in [0.2, 0.25) is 0 Å². The fourth-order valence-corrected chi connectivity index (χ4v) is 2.88. The summed E-state index contributed by atoms with van der Waals surface area (Å²) in [6, 6.07) is 12.5. The molecule has 0 aliphatic heterocycles. The third-order valence-electron chi connectivity index (χ3n) is 4.13. The Balaban J connectivity index is 0.00000261. The lowest BCUT2D eigenvalue weighted by atomic mass is 10.2. The van der Waals surface area contributed by atoms with Gasteiger partial charge in [-0.25, -0.2) is 4.39 Å². The van der Waals surface area contributed by atoms with E-state index in [1.807, 2.05) is 46.8 Å². The number of fused-ring (bicyclic) bond motifs is 1. The Bertz CT molecular complexity index is 895. The second kappa shape index (κ2) is 10.2. The predicted octanol–water partition coefficient (Wildman–Crippen LogP) is 3.13. The van der Waals surface area contributed by atoms with Gasteiger partial charge in [-0.3, -0.25) is 9.39 Å². The molecule has 6 nitrogen and oxygen atoms in total. The summed E-state index contributed by atoms with van der Waals surface area (Å²) in [5.74, 6) is 1.50. The number of benzene rings is 1. The number of rotatable bonds is 6. The van der Waals surface area contributed by atoms with Crippen molar-refractivity contribution in [2.75, 3.05) is 20.6 Å². The SMILES string of the molecule is CN=C(NCCCc1nnc2ccccn12)N(C)Cc1cccc(F)c1.I. The molecule has 3 rings (SSSR count). The number of aliphatic imine (C=N–C) groups is 1. The van der Waals surface area contributed by atoms with Crippen molar-refractivity contribution in [2.45, 2.75) is 19.4 Å². The van der Waals surface area contributed by atoms with Crippen LogP contribution >= 0.6 is 24.0 Å². The van der Waals surface area contributed by atoms with E-state index in [0.717, 1.165) is 42.4 Å². The molecule has 1 aromatic carbocycles.